The maximum absolute atomic E-state index is 13.8. The van der Waals surface area contributed by atoms with Crippen molar-refractivity contribution in [1.29, 1.82) is 0 Å². The summed E-state index contributed by atoms with van der Waals surface area (Å²) in [6, 6.07) is 11.6. The number of methoxy groups -OCH3 is 1. The Balaban J connectivity index is 1.96. The Morgan fingerprint density at radius 2 is 1.84 bits per heavy atom. The van der Waals surface area contributed by atoms with Gasteiger partial charge in [0, 0.05) is 18.8 Å². The zero-order valence-electron chi connectivity index (χ0n) is 21.3. The molecule has 0 N–H and O–H groups in total. The van der Waals surface area contributed by atoms with Crippen molar-refractivity contribution >= 4 is 27.6 Å². The molecule has 0 spiro atoms. The van der Waals surface area contributed by atoms with Crippen molar-refractivity contribution in [2.75, 3.05) is 38.4 Å². The summed E-state index contributed by atoms with van der Waals surface area (Å²) in [6.45, 7) is 3.82. The summed E-state index contributed by atoms with van der Waals surface area (Å²) in [7, 11) is -2.98. The number of amides is 1. The number of anilines is 1. The molecule has 10 heteroatoms. The number of carbonyl (C=O) groups is 2. The second-order valence-corrected chi connectivity index (χ2v) is 10.2. The Kier molecular flexibility index (Phi) is 10.1. The molecule has 0 saturated heterocycles. The second-order valence-electron chi connectivity index (χ2n) is 8.32. The number of esters is 1. The Hall–Kier alpha value is -3.39. The predicted molar refractivity (Wildman–Crippen MR) is 138 cm³/mol. The molecule has 1 heterocycles. The van der Waals surface area contributed by atoms with E-state index in [4.69, 9.17) is 14.2 Å². The first-order valence-electron chi connectivity index (χ1n) is 12.0. The molecule has 0 radical (unpaired) electrons. The zero-order valence-corrected chi connectivity index (χ0v) is 22.1. The van der Waals surface area contributed by atoms with E-state index in [1.54, 1.807) is 31.2 Å². The number of sulfonamides is 1. The number of hydrogen-bond acceptors (Lipinski definition) is 7. The molecule has 0 aliphatic carbocycles. The summed E-state index contributed by atoms with van der Waals surface area (Å²) in [6.07, 6.45) is 1.74. The van der Waals surface area contributed by atoms with Gasteiger partial charge < -0.3 is 19.1 Å². The molecule has 0 fully saturated rings. The lowest BCUT2D eigenvalue weighted by molar-refractivity contribution is -0.145. The third-order valence-corrected chi connectivity index (χ3v) is 7.74. The number of para-hydroxylation sites is 1. The number of ether oxygens (including phenoxy) is 3. The molecular weight excluding hydrogens is 496 g/mol. The second kappa shape index (κ2) is 13.2. The zero-order chi connectivity index (χ0) is 26.8. The first-order chi connectivity index (χ1) is 17.8. The van der Waals surface area contributed by atoms with Gasteiger partial charge in [-0.2, -0.15) is 4.31 Å². The van der Waals surface area contributed by atoms with E-state index in [1.807, 2.05) is 6.92 Å². The first-order valence-corrected chi connectivity index (χ1v) is 13.5. The molecule has 1 atom stereocenters. The molecule has 1 aliphatic rings. The predicted octanol–water partition coefficient (Wildman–Crippen LogP) is 2.98. The van der Waals surface area contributed by atoms with E-state index >= 15 is 0 Å². The van der Waals surface area contributed by atoms with Gasteiger partial charge in [0.1, 0.15) is 25.0 Å². The van der Waals surface area contributed by atoms with Gasteiger partial charge in [-0.15, -0.1) is 5.92 Å². The molecule has 3 rings (SSSR count). The molecule has 9 nitrogen and oxygen atoms in total. The quantitative estimate of drug-likeness (QED) is 0.265. The van der Waals surface area contributed by atoms with E-state index in [2.05, 4.69) is 11.8 Å². The summed E-state index contributed by atoms with van der Waals surface area (Å²) in [5.74, 6) is 4.83. The number of unbranched alkanes of at least 4 members (excludes halogenated alkanes) is 1. The SMILES string of the molecule is CC#CCOc1ccc(S(=O)(=O)N2Cc3ccccc3N(C(=O)COCCCC)CC2C(=O)OC)cc1. The fourth-order valence-corrected chi connectivity index (χ4v) is 5.43. The summed E-state index contributed by atoms with van der Waals surface area (Å²) in [5.41, 5.74) is 1.11. The third-order valence-electron chi connectivity index (χ3n) is 5.87. The standard InChI is InChI=1S/C27H32N2O7S/c1-4-6-16-35-20-26(30)28-19-25(27(31)34-3)29(18-21-10-8-9-11-24(21)28)37(32,33)23-14-12-22(13-15-23)36-17-7-5-2/h8-15,25H,4,6,16-20H2,1-3H3. The topological polar surface area (TPSA) is 102 Å². The normalized spacial score (nSPS) is 15.6. The molecule has 0 aromatic heterocycles. The van der Waals surface area contributed by atoms with Gasteiger partial charge in [0.15, 0.2) is 0 Å². The van der Waals surface area contributed by atoms with Crippen molar-refractivity contribution in [3.63, 3.8) is 0 Å². The van der Waals surface area contributed by atoms with Gasteiger partial charge in [-0.05, 0) is 49.2 Å². The molecule has 1 aliphatic heterocycles. The lowest BCUT2D eigenvalue weighted by atomic mass is 10.1. The van der Waals surface area contributed by atoms with Crippen LogP contribution in [0.15, 0.2) is 53.4 Å². The van der Waals surface area contributed by atoms with Crippen molar-refractivity contribution < 1.29 is 32.2 Å². The van der Waals surface area contributed by atoms with Crippen LogP contribution in [0.1, 0.15) is 32.3 Å². The summed E-state index contributed by atoms with van der Waals surface area (Å²) in [5, 5.41) is 0. The fraction of sp³-hybridized carbons (Fsp3) is 0.407. The van der Waals surface area contributed by atoms with Crippen LogP contribution in [0.4, 0.5) is 5.69 Å². The van der Waals surface area contributed by atoms with E-state index in [1.165, 1.54) is 36.3 Å². The van der Waals surface area contributed by atoms with Gasteiger partial charge in [-0.25, -0.2) is 8.42 Å². The summed E-state index contributed by atoms with van der Waals surface area (Å²) in [4.78, 5) is 27.4. The molecule has 0 saturated carbocycles. The maximum Gasteiger partial charge on any atom is 0.326 e. The lowest BCUT2D eigenvalue weighted by Crippen LogP contribution is -2.51. The number of fused-ring (bicyclic) bond motifs is 1. The highest BCUT2D eigenvalue weighted by molar-refractivity contribution is 7.89. The molecule has 2 aromatic rings. The van der Waals surface area contributed by atoms with Crippen molar-refractivity contribution in [1.82, 2.24) is 4.31 Å². The summed E-state index contributed by atoms with van der Waals surface area (Å²) < 4.78 is 44.7. The highest BCUT2D eigenvalue weighted by Gasteiger charge is 2.42. The fourth-order valence-electron chi connectivity index (χ4n) is 3.88. The van der Waals surface area contributed by atoms with Gasteiger partial charge >= 0.3 is 5.97 Å². The van der Waals surface area contributed by atoms with Gasteiger partial charge in [0.05, 0.1) is 18.6 Å². The average molecular weight is 529 g/mol. The van der Waals surface area contributed by atoms with Crippen LogP contribution in [-0.2, 0) is 35.6 Å². The van der Waals surface area contributed by atoms with Crippen LogP contribution in [0.3, 0.4) is 0 Å². The largest absolute Gasteiger partial charge is 0.481 e. The number of carbonyl (C=O) groups excluding carboxylic acids is 2. The van der Waals surface area contributed by atoms with Crippen LogP contribution in [0.2, 0.25) is 0 Å². The highest BCUT2D eigenvalue weighted by atomic mass is 32.2. The average Bonchev–Trinajstić information content (AvgIpc) is 3.09. The van der Waals surface area contributed by atoms with E-state index in [0.717, 1.165) is 17.1 Å². The van der Waals surface area contributed by atoms with Crippen LogP contribution in [0.25, 0.3) is 0 Å². The number of rotatable bonds is 10. The Morgan fingerprint density at radius 1 is 1.11 bits per heavy atom. The molecular formula is C27H32N2O7S. The van der Waals surface area contributed by atoms with Gasteiger partial charge in [0.25, 0.3) is 5.91 Å². The van der Waals surface area contributed by atoms with Crippen molar-refractivity contribution in [3.8, 4) is 17.6 Å². The Labute approximate surface area is 218 Å². The molecule has 1 unspecified atom stereocenters. The summed E-state index contributed by atoms with van der Waals surface area (Å²) >= 11 is 0. The minimum absolute atomic E-state index is 0.0181. The van der Waals surface area contributed by atoms with Crippen LogP contribution >= 0.6 is 0 Å². The van der Waals surface area contributed by atoms with Gasteiger partial charge in [-0.1, -0.05) is 37.5 Å². The third kappa shape index (κ3) is 6.89. The molecule has 37 heavy (non-hydrogen) atoms. The molecule has 0 bridgehead atoms. The van der Waals surface area contributed by atoms with Crippen LogP contribution in [0.5, 0.6) is 5.75 Å². The van der Waals surface area contributed by atoms with E-state index in [-0.39, 0.29) is 37.1 Å². The number of nitrogens with zero attached hydrogens (tertiary/aromatic N) is 2. The van der Waals surface area contributed by atoms with E-state index in [9.17, 15) is 18.0 Å². The molecule has 198 valence electrons. The maximum atomic E-state index is 13.8. The number of hydrogen-bond donors (Lipinski definition) is 0. The number of benzene rings is 2. The molecule has 1 amide bonds. The van der Waals surface area contributed by atoms with E-state index < -0.39 is 22.0 Å². The first kappa shape index (κ1) is 28.2. The monoisotopic (exact) mass is 528 g/mol. The van der Waals surface area contributed by atoms with Gasteiger partial charge in [-0.3, -0.25) is 9.59 Å². The Bertz CT molecular complexity index is 1250. The lowest BCUT2D eigenvalue weighted by Gasteiger charge is -2.29. The van der Waals surface area contributed by atoms with Crippen molar-refractivity contribution in [2.24, 2.45) is 0 Å². The molecule has 2 aromatic carbocycles. The van der Waals surface area contributed by atoms with E-state index in [0.29, 0.717) is 23.6 Å². The van der Waals surface area contributed by atoms with Gasteiger partial charge in [0.2, 0.25) is 10.0 Å². The Morgan fingerprint density at radius 3 is 2.51 bits per heavy atom. The minimum Gasteiger partial charge on any atom is -0.481 e. The van der Waals surface area contributed by atoms with Crippen molar-refractivity contribution in [3.05, 3.63) is 54.1 Å². The van der Waals surface area contributed by atoms with Crippen LogP contribution in [0, 0.1) is 11.8 Å². The van der Waals surface area contributed by atoms with Crippen LogP contribution < -0.4 is 9.64 Å². The smallest absolute Gasteiger partial charge is 0.326 e. The van der Waals surface area contributed by atoms with Crippen molar-refractivity contribution in [2.45, 2.75) is 44.2 Å². The highest BCUT2D eigenvalue weighted by Crippen LogP contribution is 2.32. The van der Waals surface area contributed by atoms with Crippen LogP contribution in [-0.4, -0.2) is 64.1 Å². The minimum atomic E-state index is -4.17.